The molecule has 2 rings (SSSR count). The maximum absolute atomic E-state index is 5.95. The van der Waals surface area contributed by atoms with Gasteiger partial charge in [0.05, 0.1) is 12.8 Å². The van der Waals surface area contributed by atoms with Gasteiger partial charge in [0.25, 0.3) is 0 Å². The van der Waals surface area contributed by atoms with Crippen LogP contribution in [0.1, 0.15) is 12.8 Å². The van der Waals surface area contributed by atoms with Gasteiger partial charge in [0, 0.05) is 19.6 Å². The summed E-state index contributed by atoms with van der Waals surface area (Å²) in [5.74, 6) is 1.20. The van der Waals surface area contributed by atoms with E-state index < -0.39 is 0 Å². The summed E-state index contributed by atoms with van der Waals surface area (Å²) in [6.07, 6.45) is 2.27. The van der Waals surface area contributed by atoms with E-state index in [1.165, 1.54) is 19.5 Å². The number of aliphatic imine (C=N–C) groups is 1. The second-order valence-corrected chi connectivity index (χ2v) is 5.94. The van der Waals surface area contributed by atoms with Crippen LogP contribution in [0.5, 0.6) is 5.75 Å². The van der Waals surface area contributed by atoms with Crippen LogP contribution in [0.4, 0.5) is 5.69 Å². The van der Waals surface area contributed by atoms with E-state index in [0.717, 1.165) is 44.0 Å². The fourth-order valence-corrected chi connectivity index (χ4v) is 2.74. The Labute approximate surface area is 139 Å². The first-order chi connectivity index (χ1) is 11.2. The van der Waals surface area contributed by atoms with E-state index in [-0.39, 0.29) is 0 Å². The van der Waals surface area contributed by atoms with Crippen molar-refractivity contribution < 1.29 is 4.74 Å². The molecule has 0 aliphatic carbocycles. The van der Waals surface area contributed by atoms with E-state index in [1.54, 1.807) is 7.11 Å². The number of anilines is 1. The molecular formula is C17H29N5O. The van der Waals surface area contributed by atoms with Crippen LogP contribution in [0.15, 0.2) is 29.3 Å². The zero-order valence-corrected chi connectivity index (χ0v) is 14.3. The molecule has 0 radical (unpaired) electrons. The molecule has 0 unspecified atom stereocenters. The van der Waals surface area contributed by atoms with Gasteiger partial charge in [-0.05, 0) is 51.7 Å². The molecule has 0 atom stereocenters. The monoisotopic (exact) mass is 319 g/mol. The Morgan fingerprint density at radius 3 is 2.91 bits per heavy atom. The normalized spacial score (nSPS) is 17.7. The number of hydrogen-bond donors (Lipinski definition) is 2. The Balaban J connectivity index is 1.72. The highest BCUT2D eigenvalue weighted by Crippen LogP contribution is 2.22. The average molecular weight is 319 g/mol. The molecule has 6 nitrogen and oxygen atoms in total. The molecule has 1 heterocycles. The van der Waals surface area contributed by atoms with Crippen LogP contribution in [0.3, 0.4) is 0 Å². The third kappa shape index (κ3) is 6.08. The van der Waals surface area contributed by atoms with Gasteiger partial charge in [0.15, 0.2) is 5.96 Å². The molecule has 3 N–H and O–H groups in total. The summed E-state index contributed by atoms with van der Waals surface area (Å²) in [6, 6.07) is 7.69. The Morgan fingerprint density at radius 1 is 1.26 bits per heavy atom. The van der Waals surface area contributed by atoms with Gasteiger partial charge in [-0.25, -0.2) is 0 Å². The number of ether oxygens (including phenoxy) is 1. The summed E-state index contributed by atoms with van der Waals surface area (Å²) in [6.45, 7) is 6.50. The number of nitrogens with zero attached hydrogens (tertiary/aromatic N) is 3. The number of nitrogens with one attached hydrogen (secondary N) is 1. The van der Waals surface area contributed by atoms with Crippen molar-refractivity contribution in [1.82, 2.24) is 9.80 Å². The minimum atomic E-state index is 0.435. The van der Waals surface area contributed by atoms with Crippen molar-refractivity contribution in [3.05, 3.63) is 24.3 Å². The van der Waals surface area contributed by atoms with Crippen LogP contribution >= 0.6 is 0 Å². The molecule has 0 saturated carbocycles. The van der Waals surface area contributed by atoms with Crippen LogP contribution in [-0.4, -0.2) is 69.2 Å². The first kappa shape index (κ1) is 17.6. The number of benzene rings is 1. The Morgan fingerprint density at radius 2 is 2.09 bits per heavy atom. The lowest BCUT2D eigenvalue weighted by Gasteiger charge is -2.19. The Hall–Kier alpha value is -1.79. The highest BCUT2D eigenvalue weighted by molar-refractivity contribution is 5.93. The summed E-state index contributed by atoms with van der Waals surface area (Å²) in [5, 5.41) is 3.10. The van der Waals surface area contributed by atoms with Crippen LogP contribution in [0.2, 0.25) is 0 Å². The standard InChI is InChI=1S/C17H29N5O/c1-21-10-6-12-22(14-13-21)11-5-9-19-17(18)20-15-7-3-4-8-16(15)23-2/h3-4,7-8H,5-6,9-14H2,1-2H3,(H3,18,19,20). The van der Waals surface area contributed by atoms with E-state index in [0.29, 0.717) is 5.96 Å². The summed E-state index contributed by atoms with van der Waals surface area (Å²) in [5.41, 5.74) is 6.79. The predicted octanol–water partition coefficient (Wildman–Crippen LogP) is 1.45. The first-order valence-corrected chi connectivity index (χ1v) is 8.30. The Kier molecular flexibility index (Phi) is 7.16. The Bertz CT molecular complexity index is 506. The fourth-order valence-electron chi connectivity index (χ4n) is 2.74. The van der Waals surface area contributed by atoms with Crippen molar-refractivity contribution in [2.45, 2.75) is 12.8 Å². The summed E-state index contributed by atoms with van der Waals surface area (Å²) in [7, 11) is 3.84. The summed E-state index contributed by atoms with van der Waals surface area (Å²) in [4.78, 5) is 9.32. The van der Waals surface area contributed by atoms with Crippen LogP contribution in [0.25, 0.3) is 0 Å². The average Bonchev–Trinajstić information content (AvgIpc) is 2.76. The van der Waals surface area contributed by atoms with Crippen molar-refractivity contribution in [2.75, 3.05) is 58.7 Å². The summed E-state index contributed by atoms with van der Waals surface area (Å²) >= 11 is 0. The zero-order chi connectivity index (χ0) is 16.5. The molecule has 1 fully saturated rings. The first-order valence-electron chi connectivity index (χ1n) is 8.30. The molecule has 0 aromatic heterocycles. The van der Waals surface area contributed by atoms with Crippen molar-refractivity contribution in [3.63, 3.8) is 0 Å². The minimum Gasteiger partial charge on any atom is -0.495 e. The lowest BCUT2D eigenvalue weighted by Crippen LogP contribution is -2.30. The predicted molar refractivity (Wildman–Crippen MR) is 96.3 cm³/mol. The third-order valence-electron chi connectivity index (χ3n) is 4.10. The molecule has 6 heteroatoms. The van der Waals surface area contributed by atoms with E-state index in [1.807, 2.05) is 24.3 Å². The maximum atomic E-state index is 5.95. The minimum absolute atomic E-state index is 0.435. The zero-order valence-electron chi connectivity index (χ0n) is 14.3. The quantitative estimate of drug-likeness (QED) is 0.472. The van der Waals surface area contributed by atoms with Gasteiger partial charge < -0.3 is 25.6 Å². The molecule has 1 saturated heterocycles. The molecule has 0 spiro atoms. The van der Waals surface area contributed by atoms with Gasteiger partial charge >= 0.3 is 0 Å². The molecule has 1 aliphatic rings. The molecule has 1 aromatic rings. The van der Waals surface area contributed by atoms with Gasteiger partial charge in [-0.15, -0.1) is 0 Å². The van der Waals surface area contributed by atoms with Crippen molar-refractivity contribution >= 4 is 11.6 Å². The van der Waals surface area contributed by atoms with Crippen LogP contribution in [-0.2, 0) is 0 Å². The molecule has 0 amide bonds. The van der Waals surface area contributed by atoms with Crippen molar-refractivity contribution in [2.24, 2.45) is 10.7 Å². The van der Waals surface area contributed by atoms with Gasteiger partial charge in [0.1, 0.15) is 5.75 Å². The highest BCUT2D eigenvalue weighted by Gasteiger charge is 2.11. The maximum Gasteiger partial charge on any atom is 0.193 e. The lowest BCUT2D eigenvalue weighted by molar-refractivity contribution is 0.275. The number of rotatable bonds is 6. The van der Waals surface area contributed by atoms with E-state index in [2.05, 4.69) is 27.2 Å². The smallest absolute Gasteiger partial charge is 0.193 e. The summed E-state index contributed by atoms with van der Waals surface area (Å²) < 4.78 is 5.29. The lowest BCUT2D eigenvalue weighted by atomic mass is 10.3. The second-order valence-electron chi connectivity index (χ2n) is 5.94. The van der Waals surface area contributed by atoms with E-state index in [9.17, 15) is 0 Å². The molecule has 1 aliphatic heterocycles. The molecular weight excluding hydrogens is 290 g/mol. The largest absolute Gasteiger partial charge is 0.495 e. The number of guanidine groups is 1. The molecule has 23 heavy (non-hydrogen) atoms. The van der Waals surface area contributed by atoms with E-state index in [4.69, 9.17) is 10.5 Å². The van der Waals surface area contributed by atoms with Crippen LogP contribution < -0.4 is 15.8 Å². The molecule has 1 aromatic carbocycles. The van der Waals surface area contributed by atoms with Crippen LogP contribution in [0, 0.1) is 0 Å². The number of nitrogens with two attached hydrogens (primary N) is 1. The number of para-hydroxylation sites is 2. The fraction of sp³-hybridized carbons (Fsp3) is 0.588. The number of methoxy groups -OCH3 is 1. The molecule has 128 valence electrons. The van der Waals surface area contributed by atoms with Gasteiger partial charge in [-0.3, -0.25) is 4.99 Å². The van der Waals surface area contributed by atoms with Gasteiger partial charge in [-0.2, -0.15) is 0 Å². The second kappa shape index (κ2) is 9.37. The number of likely N-dealkylation sites (N-methyl/N-ethyl adjacent to an activating group) is 1. The molecule has 0 bridgehead atoms. The highest BCUT2D eigenvalue weighted by atomic mass is 16.5. The topological polar surface area (TPSA) is 66.1 Å². The van der Waals surface area contributed by atoms with E-state index >= 15 is 0 Å². The van der Waals surface area contributed by atoms with Gasteiger partial charge in [-0.1, -0.05) is 12.1 Å². The van der Waals surface area contributed by atoms with Gasteiger partial charge in [0.2, 0.25) is 0 Å². The van der Waals surface area contributed by atoms with Crippen molar-refractivity contribution in [3.8, 4) is 5.75 Å². The SMILES string of the molecule is COc1ccccc1NC(N)=NCCCN1CCCN(C)CC1. The van der Waals surface area contributed by atoms with Crippen molar-refractivity contribution in [1.29, 1.82) is 0 Å². The third-order valence-corrected chi connectivity index (χ3v) is 4.10. The number of hydrogen-bond acceptors (Lipinski definition) is 4.